The SMILES string of the molecule is O=C1c2cccc(O)c2C(=O)c2c(O)cc(-c3nn[nH]n3)cc21. The number of tetrazole rings is 1. The number of aromatic amines is 1. The molecule has 0 saturated carbocycles. The van der Waals surface area contributed by atoms with Crippen LogP contribution in [0, 0.1) is 0 Å². The van der Waals surface area contributed by atoms with Crippen molar-refractivity contribution in [3.05, 3.63) is 52.6 Å². The summed E-state index contributed by atoms with van der Waals surface area (Å²) < 4.78 is 0. The number of aromatic nitrogens is 4. The lowest BCUT2D eigenvalue weighted by molar-refractivity contribution is 0.0974. The Balaban J connectivity index is 2.00. The van der Waals surface area contributed by atoms with E-state index in [1.165, 1.54) is 30.3 Å². The molecule has 0 radical (unpaired) electrons. The maximum absolute atomic E-state index is 12.6. The first-order valence-corrected chi connectivity index (χ1v) is 6.60. The number of benzene rings is 2. The first-order chi connectivity index (χ1) is 11.1. The summed E-state index contributed by atoms with van der Waals surface area (Å²) in [6, 6.07) is 6.95. The van der Waals surface area contributed by atoms with E-state index in [-0.39, 0.29) is 39.6 Å². The van der Waals surface area contributed by atoms with Gasteiger partial charge in [0.2, 0.25) is 11.6 Å². The number of H-pyrrole nitrogens is 1. The first-order valence-electron chi connectivity index (χ1n) is 6.60. The molecule has 0 aliphatic heterocycles. The predicted molar refractivity (Wildman–Crippen MR) is 76.3 cm³/mol. The fraction of sp³-hybridized carbons (Fsp3) is 0. The van der Waals surface area contributed by atoms with E-state index >= 15 is 0 Å². The van der Waals surface area contributed by atoms with Crippen molar-refractivity contribution in [1.82, 2.24) is 20.6 Å². The lowest BCUT2D eigenvalue weighted by Gasteiger charge is -2.19. The molecule has 0 spiro atoms. The van der Waals surface area contributed by atoms with Gasteiger partial charge in [0.25, 0.3) is 0 Å². The van der Waals surface area contributed by atoms with E-state index in [4.69, 9.17) is 0 Å². The lowest BCUT2D eigenvalue weighted by Crippen LogP contribution is -2.21. The molecule has 0 saturated heterocycles. The van der Waals surface area contributed by atoms with Gasteiger partial charge in [0.1, 0.15) is 11.5 Å². The van der Waals surface area contributed by atoms with Crippen LogP contribution in [0.4, 0.5) is 0 Å². The summed E-state index contributed by atoms with van der Waals surface area (Å²) in [5, 5.41) is 33.3. The highest BCUT2D eigenvalue weighted by atomic mass is 16.3. The number of fused-ring (bicyclic) bond motifs is 2. The minimum atomic E-state index is -0.607. The van der Waals surface area contributed by atoms with E-state index in [1.54, 1.807) is 0 Å². The normalized spacial score (nSPS) is 12.9. The molecule has 3 aromatic rings. The van der Waals surface area contributed by atoms with Gasteiger partial charge in [-0.2, -0.15) is 5.21 Å². The van der Waals surface area contributed by atoms with Crippen molar-refractivity contribution < 1.29 is 19.8 Å². The monoisotopic (exact) mass is 308 g/mol. The first kappa shape index (κ1) is 13.1. The van der Waals surface area contributed by atoms with E-state index in [9.17, 15) is 19.8 Å². The predicted octanol–water partition coefficient (Wildman–Crippen LogP) is 1.05. The van der Waals surface area contributed by atoms with Gasteiger partial charge in [-0.1, -0.05) is 12.1 Å². The Morgan fingerprint density at radius 1 is 0.913 bits per heavy atom. The van der Waals surface area contributed by atoms with Crippen molar-refractivity contribution >= 4 is 11.6 Å². The molecule has 0 fully saturated rings. The zero-order chi connectivity index (χ0) is 16.1. The molecule has 8 nitrogen and oxygen atoms in total. The van der Waals surface area contributed by atoms with Gasteiger partial charge in [-0.15, -0.1) is 10.2 Å². The topological polar surface area (TPSA) is 129 Å². The second kappa shape index (κ2) is 4.47. The molecule has 1 aromatic heterocycles. The Bertz CT molecular complexity index is 979. The van der Waals surface area contributed by atoms with Crippen molar-refractivity contribution in [2.75, 3.05) is 0 Å². The molecule has 4 rings (SSSR count). The van der Waals surface area contributed by atoms with Crippen LogP contribution < -0.4 is 0 Å². The van der Waals surface area contributed by atoms with E-state index in [0.717, 1.165) is 0 Å². The summed E-state index contributed by atoms with van der Waals surface area (Å²) >= 11 is 0. The van der Waals surface area contributed by atoms with Crippen LogP contribution >= 0.6 is 0 Å². The molecule has 0 bridgehead atoms. The van der Waals surface area contributed by atoms with Crippen LogP contribution in [0.2, 0.25) is 0 Å². The zero-order valence-electron chi connectivity index (χ0n) is 11.4. The fourth-order valence-corrected chi connectivity index (χ4v) is 2.70. The number of rotatable bonds is 1. The van der Waals surface area contributed by atoms with Crippen LogP contribution in [0.15, 0.2) is 30.3 Å². The van der Waals surface area contributed by atoms with Gasteiger partial charge in [-0.25, -0.2) is 0 Å². The Kier molecular flexibility index (Phi) is 2.55. The second-order valence-electron chi connectivity index (χ2n) is 5.01. The van der Waals surface area contributed by atoms with E-state index in [0.29, 0.717) is 5.56 Å². The Labute approximate surface area is 128 Å². The van der Waals surface area contributed by atoms with Crippen molar-refractivity contribution in [1.29, 1.82) is 0 Å². The van der Waals surface area contributed by atoms with Gasteiger partial charge in [-0.05, 0) is 23.4 Å². The van der Waals surface area contributed by atoms with Crippen LogP contribution in [-0.2, 0) is 0 Å². The van der Waals surface area contributed by atoms with Gasteiger partial charge in [0.05, 0.1) is 11.1 Å². The van der Waals surface area contributed by atoms with Gasteiger partial charge < -0.3 is 10.2 Å². The Hall–Kier alpha value is -3.55. The minimum absolute atomic E-state index is 0.0351. The molecule has 112 valence electrons. The molecule has 1 aliphatic carbocycles. The molecule has 0 atom stereocenters. The number of carbonyl (C=O) groups is 2. The van der Waals surface area contributed by atoms with E-state index in [1.807, 2.05) is 0 Å². The van der Waals surface area contributed by atoms with Crippen molar-refractivity contribution in [3.63, 3.8) is 0 Å². The number of phenolic OH excluding ortho intramolecular Hbond substituents is 2. The number of carbonyl (C=O) groups excluding carboxylic acids is 2. The van der Waals surface area contributed by atoms with E-state index < -0.39 is 11.6 Å². The highest BCUT2D eigenvalue weighted by molar-refractivity contribution is 6.30. The number of phenols is 2. The van der Waals surface area contributed by atoms with E-state index in [2.05, 4.69) is 20.6 Å². The Morgan fingerprint density at radius 3 is 2.43 bits per heavy atom. The molecule has 1 heterocycles. The standard InChI is InChI=1S/C15H8N4O4/c20-9-3-1-2-7-11(9)14(23)12-8(13(7)22)4-6(5-10(12)21)15-16-18-19-17-15/h1-5,20-21H,(H,16,17,18,19). The van der Waals surface area contributed by atoms with Crippen LogP contribution in [0.3, 0.4) is 0 Å². The van der Waals surface area contributed by atoms with Crippen molar-refractivity contribution in [2.45, 2.75) is 0 Å². The number of hydrogen-bond donors (Lipinski definition) is 3. The van der Waals surface area contributed by atoms with Gasteiger partial charge in [0.15, 0.2) is 5.78 Å². The highest BCUT2D eigenvalue weighted by Crippen LogP contribution is 2.38. The molecule has 1 aliphatic rings. The molecule has 0 unspecified atom stereocenters. The highest BCUT2D eigenvalue weighted by Gasteiger charge is 2.34. The van der Waals surface area contributed by atoms with Crippen LogP contribution in [0.1, 0.15) is 31.8 Å². The van der Waals surface area contributed by atoms with Crippen molar-refractivity contribution in [3.8, 4) is 22.9 Å². The summed E-state index contributed by atoms with van der Waals surface area (Å²) in [6.07, 6.45) is 0. The molecular weight excluding hydrogens is 300 g/mol. The second-order valence-corrected chi connectivity index (χ2v) is 5.01. The lowest BCUT2D eigenvalue weighted by atomic mass is 9.82. The molecule has 8 heteroatoms. The third-order valence-corrected chi connectivity index (χ3v) is 3.71. The molecule has 2 aromatic carbocycles. The minimum Gasteiger partial charge on any atom is -0.507 e. The summed E-state index contributed by atoms with van der Waals surface area (Å²) in [7, 11) is 0. The number of nitrogens with zero attached hydrogens (tertiary/aromatic N) is 3. The molecule has 23 heavy (non-hydrogen) atoms. The molecular formula is C15H8N4O4. The summed E-state index contributed by atoms with van der Waals surface area (Å²) in [5.41, 5.74) is 0.226. The number of ketones is 2. The smallest absolute Gasteiger partial charge is 0.204 e. The van der Waals surface area contributed by atoms with Gasteiger partial charge >= 0.3 is 0 Å². The largest absolute Gasteiger partial charge is 0.507 e. The number of aromatic hydroxyl groups is 2. The maximum Gasteiger partial charge on any atom is 0.204 e. The van der Waals surface area contributed by atoms with Gasteiger partial charge in [0, 0.05) is 16.7 Å². The fourth-order valence-electron chi connectivity index (χ4n) is 2.70. The molecule has 3 N–H and O–H groups in total. The van der Waals surface area contributed by atoms with Crippen LogP contribution in [0.5, 0.6) is 11.5 Å². The summed E-state index contributed by atoms with van der Waals surface area (Å²) in [4.78, 5) is 25.2. The van der Waals surface area contributed by atoms with Crippen LogP contribution in [0.25, 0.3) is 11.4 Å². The average molecular weight is 308 g/mol. The summed E-state index contributed by atoms with van der Waals surface area (Å²) in [5.74, 6) is -1.57. The number of nitrogens with one attached hydrogen (secondary N) is 1. The Morgan fingerprint density at radius 2 is 1.70 bits per heavy atom. The summed E-state index contributed by atoms with van der Waals surface area (Å²) in [6.45, 7) is 0. The van der Waals surface area contributed by atoms with Gasteiger partial charge in [-0.3, -0.25) is 9.59 Å². The average Bonchev–Trinajstić information content (AvgIpc) is 3.06. The maximum atomic E-state index is 12.6. The zero-order valence-corrected chi connectivity index (χ0v) is 11.4. The third kappa shape index (κ3) is 1.75. The third-order valence-electron chi connectivity index (χ3n) is 3.71. The van der Waals surface area contributed by atoms with Crippen molar-refractivity contribution in [2.24, 2.45) is 0 Å². The van der Waals surface area contributed by atoms with Crippen LogP contribution in [-0.4, -0.2) is 42.4 Å². The number of hydrogen-bond acceptors (Lipinski definition) is 7. The quantitative estimate of drug-likeness (QED) is 0.479. The molecule has 0 amide bonds.